The fraction of sp³-hybridized carbons (Fsp3) is 0.381. The molecular weight excluding hydrogens is 420 g/mol. The van der Waals surface area contributed by atoms with Gasteiger partial charge in [-0.05, 0) is 24.6 Å². The van der Waals surface area contributed by atoms with Gasteiger partial charge < -0.3 is 25.4 Å². The third kappa shape index (κ3) is 5.15. The second-order valence-corrected chi connectivity index (χ2v) is 8.15. The zero-order valence-electron chi connectivity index (χ0n) is 17.8. The molecule has 1 fully saturated rings. The molecule has 0 aliphatic carbocycles. The van der Waals surface area contributed by atoms with Gasteiger partial charge in [0.25, 0.3) is 5.91 Å². The maximum atomic E-state index is 12.6. The van der Waals surface area contributed by atoms with Gasteiger partial charge in [0, 0.05) is 37.9 Å². The van der Waals surface area contributed by atoms with Crippen LogP contribution in [0.2, 0.25) is 0 Å². The molecule has 0 bridgehead atoms. The lowest BCUT2D eigenvalue weighted by Crippen LogP contribution is -2.48. The number of carbonyl (C=O) groups excluding carboxylic acids is 3. The zero-order valence-corrected chi connectivity index (χ0v) is 18.6. The van der Waals surface area contributed by atoms with E-state index in [1.807, 2.05) is 29.2 Å². The summed E-state index contributed by atoms with van der Waals surface area (Å²) in [4.78, 5) is 40.9. The third-order valence-electron chi connectivity index (χ3n) is 5.17. The highest BCUT2D eigenvalue weighted by Gasteiger charge is 2.26. The van der Waals surface area contributed by atoms with Crippen molar-refractivity contribution >= 4 is 39.8 Å². The van der Waals surface area contributed by atoms with Crippen LogP contribution >= 0.6 is 11.3 Å². The van der Waals surface area contributed by atoms with Gasteiger partial charge >= 0.3 is 5.97 Å². The molecule has 1 aromatic heterocycles. The standard InChI is InChI=1S/C21H26N4O5S/c1-13-17(21(28)30-3)20(31-18(13)19(22)27)23-16(26)12-24-7-9-25(10-8-24)14-5-4-6-15(11-14)29-2/h4-6,11H,7-10,12H2,1-3H3,(H2,22,27)(H,23,26). The van der Waals surface area contributed by atoms with Crippen molar-refractivity contribution in [3.8, 4) is 5.75 Å². The Morgan fingerprint density at radius 1 is 1.16 bits per heavy atom. The topological polar surface area (TPSA) is 114 Å². The minimum absolute atomic E-state index is 0.164. The first-order chi connectivity index (χ1) is 14.8. The van der Waals surface area contributed by atoms with E-state index in [4.69, 9.17) is 15.2 Å². The predicted octanol–water partition coefficient (Wildman–Crippen LogP) is 1.71. The van der Waals surface area contributed by atoms with Crippen molar-refractivity contribution in [2.75, 3.05) is 57.2 Å². The second kappa shape index (κ2) is 9.80. The molecule has 2 aromatic rings. The molecule has 1 aromatic carbocycles. The van der Waals surface area contributed by atoms with Crippen LogP contribution in [0.4, 0.5) is 10.7 Å². The van der Waals surface area contributed by atoms with Gasteiger partial charge in [0.2, 0.25) is 5.91 Å². The molecule has 0 saturated carbocycles. The largest absolute Gasteiger partial charge is 0.497 e. The summed E-state index contributed by atoms with van der Waals surface area (Å²) in [5.74, 6) is -0.732. The smallest absolute Gasteiger partial charge is 0.341 e. The Bertz CT molecular complexity index is 982. The molecule has 2 heterocycles. The molecular formula is C21H26N4O5S. The Labute approximate surface area is 184 Å². The van der Waals surface area contributed by atoms with Crippen molar-refractivity contribution in [1.29, 1.82) is 0 Å². The minimum Gasteiger partial charge on any atom is -0.497 e. The minimum atomic E-state index is -0.651. The highest BCUT2D eigenvalue weighted by atomic mass is 32.1. The summed E-state index contributed by atoms with van der Waals surface area (Å²) in [5.41, 5.74) is 7.04. The van der Waals surface area contributed by atoms with Crippen LogP contribution in [0.3, 0.4) is 0 Å². The SMILES string of the molecule is COC(=O)c1c(NC(=O)CN2CCN(c3cccc(OC)c3)CC2)sc(C(N)=O)c1C. The number of nitrogens with one attached hydrogen (secondary N) is 1. The normalized spacial score (nSPS) is 14.2. The van der Waals surface area contributed by atoms with Gasteiger partial charge in [0.05, 0.1) is 31.2 Å². The quantitative estimate of drug-likeness (QED) is 0.622. The van der Waals surface area contributed by atoms with Crippen molar-refractivity contribution in [1.82, 2.24) is 4.90 Å². The summed E-state index contributed by atoms with van der Waals surface area (Å²) in [7, 11) is 2.89. The summed E-state index contributed by atoms with van der Waals surface area (Å²) in [5, 5.41) is 3.02. The summed E-state index contributed by atoms with van der Waals surface area (Å²) in [6, 6.07) is 7.89. The molecule has 0 spiro atoms. The van der Waals surface area contributed by atoms with Gasteiger partial charge in [-0.3, -0.25) is 14.5 Å². The van der Waals surface area contributed by atoms with Crippen LogP contribution in [-0.4, -0.2) is 69.6 Å². The third-order valence-corrected chi connectivity index (χ3v) is 6.39. The lowest BCUT2D eigenvalue weighted by Gasteiger charge is -2.35. The van der Waals surface area contributed by atoms with Crippen LogP contribution in [0, 0.1) is 6.92 Å². The molecule has 1 aliphatic rings. The van der Waals surface area contributed by atoms with E-state index in [1.165, 1.54) is 7.11 Å². The van der Waals surface area contributed by atoms with Gasteiger partial charge in [-0.15, -0.1) is 11.3 Å². The van der Waals surface area contributed by atoms with E-state index in [9.17, 15) is 14.4 Å². The number of carbonyl (C=O) groups is 3. The molecule has 31 heavy (non-hydrogen) atoms. The van der Waals surface area contributed by atoms with Crippen LogP contribution in [0.1, 0.15) is 25.6 Å². The lowest BCUT2D eigenvalue weighted by atomic mass is 10.1. The van der Waals surface area contributed by atoms with Crippen molar-refractivity contribution < 1.29 is 23.9 Å². The number of methoxy groups -OCH3 is 2. The van der Waals surface area contributed by atoms with E-state index in [2.05, 4.69) is 10.2 Å². The number of primary amides is 1. The van der Waals surface area contributed by atoms with Crippen molar-refractivity contribution in [3.63, 3.8) is 0 Å². The summed E-state index contributed by atoms with van der Waals surface area (Å²) >= 11 is 0.983. The molecule has 0 radical (unpaired) electrons. The summed E-state index contributed by atoms with van der Waals surface area (Å²) in [6.45, 7) is 4.76. The predicted molar refractivity (Wildman–Crippen MR) is 119 cm³/mol. The number of hydrogen-bond donors (Lipinski definition) is 2. The second-order valence-electron chi connectivity index (χ2n) is 7.13. The maximum absolute atomic E-state index is 12.6. The molecule has 0 atom stereocenters. The van der Waals surface area contributed by atoms with E-state index in [1.54, 1.807) is 14.0 Å². The molecule has 166 valence electrons. The van der Waals surface area contributed by atoms with Crippen LogP contribution in [0.5, 0.6) is 5.75 Å². The molecule has 9 nitrogen and oxygen atoms in total. The molecule has 2 amide bonds. The fourth-order valence-electron chi connectivity index (χ4n) is 3.53. The number of rotatable bonds is 7. The highest BCUT2D eigenvalue weighted by molar-refractivity contribution is 7.18. The number of hydrogen-bond acceptors (Lipinski definition) is 8. The monoisotopic (exact) mass is 446 g/mol. The Kier molecular flexibility index (Phi) is 7.13. The van der Waals surface area contributed by atoms with Gasteiger partial charge in [-0.25, -0.2) is 4.79 Å². The molecule has 3 N–H and O–H groups in total. The fourth-order valence-corrected chi connectivity index (χ4v) is 4.59. The van der Waals surface area contributed by atoms with Crippen LogP contribution in [0.25, 0.3) is 0 Å². The van der Waals surface area contributed by atoms with Gasteiger partial charge in [0.1, 0.15) is 10.8 Å². The number of thiophene rings is 1. The number of amides is 2. The first-order valence-electron chi connectivity index (χ1n) is 9.76. The average molecular weight is 447 g/mol. The molecule has 3 rings (SSSR count). The Morgan fingerprint density at radius 2 is 1.87 bits per heavy atom. The van der Waals surface area contributed by atoms with Crippen LogP contribution < -0.4 is 20.7 Å². The van der Waals surface area contributed by atoms with E-state index in [0.29, 0.717) is 18.7 Å². The molecule has 10 heteroatoms. The number of anilines is 2. The van der Waals surface area contributed by atoms with E-state index in [0.717, 1.165) is 35.9 Å². The Balaban J connectivity index is 1.61. The highest BCUT2D eigenvalue weighted by Crippen LogP contribution is 2.33. The zero-order chi connectivity index (χ0) is 22.5. The van der Waals surface area contributed by atoms with Crippen molar-refractivity contribution in [2.24, 2.45) is 5.73 Å². The molecule has 1 aliphatic heterocycles. The number of piperazine rings is 1. The van der Waals surface area contributed by atoms with Crippen molar-refractivity contribution in [3.05, 3.63) is 40.3 Å². The first kappa shape index (κ1) is 22.6. The number of nitrogens with two attached hydrogens (primary N) is 1. The summed E-state index contributed by atoms with van der Waals surface area (Å²) < 4.78 is 10.1. The van der Waals surface area contributed by atoms with Crippen molar-refractivity contribution in [2.45, 2.75) is 6.92 Å². The van der Waals surface area contributed by atoms with Crippen LogP contribution in [0.15, 0.2) is 24.3 Å². The Morgan fingerprint density at radius 3 is 2.48 bits per heavy atom. The van der Waals surface area contributed by atoms with E-state index in [-0.39, 0.29) is 27.9 Å². The molecule has 0 unspecified atom stereocenters. The summed E-state index contributed by atoms with van der Waals surface area (Å²) in [6.07, 6.45) is 0. The average Bonchev–Trinajstić information content (AvgIpc) is 3.09. The van der Waals surface area contributed by atoms with Gasteiger partial charge in [-0.1, -0.05) is 6.07 Å². The van der Waals surface area contributed by atoms with Crippen LogP contribution in [-0.2, 0) is 9.53 Å². The van der Waals surface area contributed by atoms with E-state index < -0.39 is 11.9 Å². The maximum Gasteiger partial charge on any atom is 0.341 e. The number of benzene rings is 1. The van der Waals surface area contributed by atoms with Gasteiger partial charge in [0.15, 0.2) is 0 Å². The lowest BCUT2D eigenvalue weighted by molar-refractivity contribution is -0.117. The van der Waals surface area contributed by atoms with Gasteiger partial charge in [-0.2, -0.15) is 0 Å². The first-order valence-corrected chi connectivity index (χ1v) is 10.6. The number of ether oxygens (including phenoxy) is 2. The number of nitrogens with zero attached hydrogens (tertiary/aromatic N) is 2. The number of esters is 1. The van der Waals surface area contributed by atoms with E-state index >= 15 is 0 Å². The molecule has 1 saturated heterocycles. The Hall–Kier alpha value is -3.11.